The van der Waals surface area contributed by atoms with Crippen LogP contribution in [0.2, 0.25) is 0 Å². The molecule has 0 saturated heterocycles. The summed E-state index contributed by atoms with van der Waals surface area (Å²) in [5.41, 5.74) is 6.63. The maximum Gasteiger partial charge on any atom is 0.228 e. The second kappa shape index (κ2) is 6.70. The van der Waals surface area contributed by atoms with Gasteiger partial charge in [0.25, 0.3) is 0 Å². The summed E-state index contributed by atoms with van der Waals surface area (Å²) >= 11 is 0. The fourth-order valence-electron chi connectivity index (χ4n) is 1.64. The normalized spacial score (nSPS) is 14.0. The van der Waals surface area contributed by atoms with Crippen LogP contribution in [0.1, 0.15) is 27.7 Å². The van der Waals surface area contributed by atoms with E-state index in [4.69, 9.17) is 5.73 Å². The van der Waals surface area contributed by atoms with Crippen molar-refractivity contribution in [3.05, 3.63) is 24.0 Å². The Kier molecular flexibility index (Phi) is 5.51. The number of nitrogens with one attached hydrogen (secondary N) is 1. The van der Waals surface area contributed by atoms with Gasteiger partial charge in [-0.2, -0.15) is 0 Å². The van der Waals surface area contributed by atoms with Gasteiger partial charge < -0.3 is 16.0 Å². The molecule has 20 heavy (non-hydrogen) atoms. The van der Waals surface area contributed by atoms with Crippen LogP contribution in [0.25, 0.3) is 0 Å². The minimum absolute atomic E-state index is 0.197. The van der Waals surface area contributed by atoms with Crippen LogP contribution in [0, 0.1) is 11.7 Å². The molecule has 0 aliphatic carbocycles. The molecule has 1 aromatic carbocycles. The molecule has 0 spiro atoms. The molecule has 1 amide bonds. The van der Waals surface area contributed by atoms with Crippen LogP contribution >= 0.6 is 0 Å². The minimum Gasteiger partial charge on any atom is -0.370 e. The standard InChI is InChI=1S/C15H24FN3O/c1-9(2)19(5)14-7-6-12(8-13(14)16)18-15(20)10(3)11(4)17/h6-11H,17H2,1-5H3,(H,18,20). The van der Waals surface area contributed by atoms with Gasteiger partial charge in [0.05, 0.1) is 11.6 Å². The Hall–Kier alpha value is -1.62. The van der Waals surface area contributed by atoms with Crippen molar-refractivity contribution < 1.29 is 9.18 Å². The highest BCUT2D eigenvalue weighted by atomic mass is 19.1. The number of rotatable bonds is 5. The summed E-state index contributed by atoms with van der Waals surface area (Å²) in [5.74, 6) is -0.882. The van der Waals surface area contributed by atoms with Gasteiger partial charge in [0.2, 0.25) is 5.91 Å². The topological polar surface area (TPSA) is 58.4 Å². The Bertz CT molecular complexity index is 474. The van der Waals surface area contributed by atoms with E-state index in [0.29, 0.717) is 11.4 Å². The predicted octanol–water partition coefficient (Wildman–Crippen LogP) is 2.59. The van der Waals surface area contributed by atoms with E-state index < -0.39 is 0 Å². The number of halogens is 1. The van der Waals surface area contributed by atoms with Gasteiger partial charge in [-0.25, -0.2) is 4.39 Å². The van der Waals surface area contributed by atoms with E-state index in [1.165, 1.54) is 6.07 Å². The molecule has 0 aromatic heterocycles. The first-order chi connectivity index (χ1) is 9.23. The summed E-state index contributed by atoms with van der Waals surface area (Å²) in [5, 5.41) is 2.68. The number of hydrogen-bond acceptors (Lipinski definition) is 3. The lowest BCUT2D eigenvalue weighted by atomic mass is 10.0. The largest absolute Gasteiger partial charge is 0.370 e. The van der Waals surface area contributed by atoms with Crippen molar-refractivity contribution in [1.29, 1.82) is 0 Å². The lowest BCUT2D eigenvalue weighted by molar-refractivity contribution is -0.119. The highest BCUT2D eigenvalue weighted by Crippen LogP contribution is 2.23. The Balaban J connectivity index is 2.85. The predicted molar refractivity (Wildman–Crippen MR) is 81.4 cm³/mol. The van der Waals surface area contributed by atoms with Crippen LogP contribution in [0.3, 0.4) is 0 Å². The molecule has 4 nitrogen and oxygen atoms in total. The summed E-state index contributed by atoms with van der Waals surface area (Å²) in [4.78, 5) is 13.7. The van der Waals surface area contributed by atoms with E-state index in [-0.39, 0.29) is 29.7 Å². The number of nitrogens with zero attached hydrogens (tertiary/aromatic N) is 1. The van der Waals surface area contributed by atoms with Crippen molar-refractivity contribution in [2.45, 2.75) is 39.8 Å². The fraction of sp³-hybridized carbons (Fsp3) is 0.533. The second-order valence-corrected chi connectivity index (χ2v) is 5.51. The minimum atomic E-state index is -0.354. The smallest absolute Gasteiger partial charge is 0.228 e. The molecule has 0 saturated carbocycles. The molecule has 2 unspecified atom stereocenters. The quantitative estimate of drug-likeness (QED) is 0.872. The maximum absolute atomic E-state index is 14.1. The Morgan fingerprint density at radius 3 is 2.35 bits per heavy atom. The van der Waals surface area contributed by atoms with E-state index in [1.54, 1.807) is 26.0 Å². The van der Waals surface area contributed by atoms with E-state index in [1.807, 2.05) is 25.8 Å². The molecule has 0 radical (unpaired) electrons. The lowest BCUT2D eigenvalue weighted by Gasteiger charge is -2.24. The summed E-state index contributed by atoms with van der Waals surface area (Å²) in [7, 11) is 1.83. The molecular weight excluding hydrogens is 257 g/mol. The van der Waals surface area contributed by atoms with Crippen molar-refractivity contribution >= 4 is 17.3 Å². The Morgan fingerprint density at radius 2 is 1.90 bits per heavy atom. The SMILES string of the molecule is CC(N)C(C)C(=O)Nc1ccc(N(C)C(C)C)c(F)c1. The number of carbonyl (C=O) groups is 1. The molecule has 0 heterocycles. The van der Waals surface area contributed by atoms with Crippen molar-refractivity contribution in [3.63, 3.8) is 0 Å². The average molecular weight is 281 g/mol. The van der Waals surface area contributed by atoms with Crippen molar-refractivity contribution in [3.8, 4) is 0 Å². The molecule has 112 valence electrons. The van der Waals surface area contributed by atoms with E-state index in [2.05, 4.69) is 5.32 Å². The summed E-state index contributed by atoms with van der Waals surface area (Å²) in [6.07, 6.45) is 0. The zero-order chi connectivity index (χ0) is 15.4. The Morgan fingerprint density at radius 1 is 1.30 bits per heavy atom. The molecule has 0 aliphatic heterocycles. The van der Waals surface area contributed by atoms with Gasteiger partial charge in [-0.05, 0) is 39.0 Å². The molecule has 1 aromatic rings. The summed E-state index contributed by atoms with van der Waals surface area (Å²) < 4.78 is 14.1. The summed E-state index contributed by atoms with van der Waals surface area (Å²) in [6, 6.07) is 4.65. The monoisotopic (exact) mass is 281 g/mol. The van der Waals surface area contributed by atoms with Gasteiger partial charge in [0, 0.05) is 24.8 Å². The van der Waals surface area contributed by atoms with Gasteiger partial charge in [-0.3, -0.25) is 4.79 Å². The van der Waals surface area contributed by atoms with Gasteiger partial charge in [0.15, 0.2) is 0 Å². The van der Waals surface area contributed by atoms with Crippen LogP contribution in [0.5, 0.6) is 0 Å². The highest BCUT2D eigenvalue weighted by Gasteiger charge is 2.18. The second-order valence-electron chi connectivity index (χ2n) is 5.51. The van der Waals surface area contributed by atoms with E-state index in [0.717, 1.165) is 0 Å². The molecular formula is C15H24FN3O. The number of benzene rings is 1. The number of nitrogens with two attached hydrogens (primary N) is 1. The van der Waals surface area contributed by atoms with Crippen LogP contribution in [0.15, 0.2) is 18.2 Å². The van der Waals surface area contributed by atoms with Crippen LogP contribution < -0.4 is 16.0 Å². The molecule has 2 atom stereocenters. The van der Waals surface area contributed by atoms with E-state index >= 15 is 0 Å². The van der Waals surface area contributed by atoms with E-state index in [9.17, 15) is 9.18 Å². The average Bonchev–Trinajstić information content (AvgIpc) is 2.36. The molecule has 0 fully saturated rings. The molecule has 3 N–H and O–H groups in total. The van der Waals surface area contributed by atoms with Crippen molar-refractivity contribution in [1.82, 2.24) is 0 Å². The van der Waals surface area contributed by atoms with Crippen molar-refractivity contribution in [2.75, 3.05) is 17.3 Å². The van der Waals surface area contributed by atoms with Crippen LogP contribution in [-0.4, -0.2) is 25.0 Å². The number of anilines is 2. The fourth-order valence-corrected chi connectivity index (χ4v) is 1.64. The first-order valence-corrected chi connectivity index (χ1v) is 6.82. The lowest BCUT2D eigenvalue weighted by Crippen LogP contribution is -2.34. The number of amides is 1. The maximum atomic E-state index is 14.1. The van der Waals surface area contributed by atoms with Crippen molar-refractivity contribution in [2.24, 2.45) is 11.7 Å². The molecule has 5 heteroatoms. The van der Waals surface area contributed by atoms with Gasteiger partial charge in [-0.15, -0.1) is 0 Å². The number of hydrogen-bond donors (Lipinski definition) is 2. The van der Waals surface area contributed by atoms with Gasteiger partial charge in [-0.1, -0.05) is 6.92 Å². The first-order valence-electron chi connectivity index (χ1n) is 6.82. The van der Waals surface area contributed by atoms with Crippen LogP contribution in [0.4, 0.5) is 15.8 Å². The zero-order valence-corrected chi connectivity index (χ0v) is 12.8. The summed E-state index contributed by atoms with van der Waals surface area (Å²) in [6.45, 7) is 7.49. The third-order valence-electron chi connectivity index (χ3n) is 3.57. The Labute approximate surface area is 120 Å². The third kappa shape index (κ3) is 3.93. The van der Waals surface area contributed by atoms with Gasteiger partial charge >= 0.3 is 0 Å². The highest BCUT2D eigenvalue weighted by molar-refractivity contribution is 5.92. The molecule has 0 aliphatic rings. The third-order valence-corrected chi connectivity index (χ3v) is 3.57. The molecule has 1 rings (SSSR count). The molecule has 0 bridgehead atoms. The first kappa shape index (κ1) is 16.4. The number of carbonyl (C=O) groups excluding carboxylic acids is 1. The zero-order valence-electron chi connectivity index (χ0n) is 12.8. The van der Waals surface area contributed by atoms with Crippen LogP contribution in [-0.2, 0) is 4.79 Å². The van der Waals surface area contributed by atoms with Gasteiger partial charge in [0.1, 0.15) is 5.82 Å².